The van der Waals surface area contributed by atoms with Crippen LogP contribution in [-0.4, -0.2) is 19.4 Å². The number of hydrogen-bond donors (Lipinski definition) is 2. The molecule has 1 saturated heterocycles. The largest absolute Gasteiger partial charge is 0.462 e. The Morgan fingerprint density at radius 2 is 2.17 bits per heavy atom. The minimum Gasteiger partial charge on any atom is -0.462 e. The first kappa shape index (κ1) is 7.58. The van der Waals surface area contributed by atoms with Gasteiger partial charge in [-0.2, -0.15) is 0 Å². The van der Waals surface area contributed by atoms with Gasteiger partial charge in [-0.3, -0.25) is 10.6 Å². The third-order valence-corrected chi connectivity index (χ3v) is 1.71. The Morgan fingerprint density at radius 3 is 2.83 bits per heavy atom. The lowest BCUT2D eigenvalue weighted by atomic mass is 10.3. The van der Waals surface area contributed by atoms with E-state index >= 15 is 0 Å². The Hall–Kier alpha value is -1.06. The summed E-state index contributed by atoms with van der Waals surface area (Å²) in [5.74, 6) is 0.768. The van der Waals surface area contributed by atoms with Crippen LogP contribution in [0.2, 0.25) is 0 Å². The third-order valence-electron chi connectivity index (χ3n) is 1.71. The summed E-state index contributed by atoms with van der Waals surface area (Å²) in [6, 6.07) is 10.6. The highest BCUT2D eigenvalue weighted by atomic mass is 16.5. The topological polar surface area (TPSA) is 33.3 Å². The summed E-state index contributed by atoms with van der Waals surface area (Å²) in [5.41, 5.74) is 0. The van der Waals surface area contributed by atoms with Gasteiger partial charge in [-0.1, -0.05) is 18.2 Å². The average Bonchev–Trinajstić information content (AvgIpc) is 2.59. The fourth-order valence-electron chi connectivity index (χ4n) is 1.14. The number of para-hydroxylation sites is 1. The van der Waals surface area contributed by atoms with Gasteiger partial charge in [0.1, 0.15) is 5.75 Å². The molecule has 0 aromatic heterocycles. The van der Waals surface area contributed by atoms with Gasteiger partial charge in [-0.15, -0.1) is 0 Å². The van der Waals surface area contributed by atoms with E-state index in [9.17, 15) is 0 Å². The van der Waals surface area contributed by atoms with Gasteiger partial charge in [0, 0.05) is 19.2 Å². The van der Waals surface area contributed by atoms with Crippen molar-refractivity contribution < 1.29 is 4.74 Å². The molecular weight excluding hydrogens is 152 g/mol. The predicted octanol–water partition coefficient (Wildman–Crippen LogP) is 0.342. The highest BCUT2D eigenvalue weighted by molar-refractivity contribution is 5.19. The Bertz CT molecular complexity index is 232. The summed E-state index contributed by atoms with van der Waals surface area (Å²) in [6.07, 6.45) is -0.0522. The molecule has 3 heteroatoms. The van der Waals surface area contributed by atoms with Crippen molar-refractivity contribution in [3.63, 3.8) is 0 Å². The monoisotopic (exact) mass is 163 g/mol. The predicted molar refractivity (Wildman–Crippen MR) is 45.7 cm³/mol. The van der Waals surface area contributed by atoms with Gasteiger partial charge in [0.2, 0.25) is 6.35 Å². The molecule has 0 amide bonds. The van der Waals surface area contributed by atoms with E-state index in [0.29, 0.717) is 0 Å². The van der Waals surface area contributed by atoms with Crippen molar-refractivity contribution in [2.45, 2.75) is 6.35 Å². The first-order valence-corrected chi connectivity index (χ1v) is 4.05. The lowest BCUT2D eigenvalue weighted by molar-refractivity contribution is 0.165. The first-order valence-electron chi connectivity index (χ1n) is 4.05. The van der Waals surface area contributed by atoms with E-state index in [1.54, 1.807) is 0 Å². The summed E-state index contributed by atoms with van der Waals surface area (Å²) < 4.78 is 5.50. The standard InChI is InChI=1S/C9H11N2O/c1-2-4-8(5-3-1)12-9-10-6-7-11-9/h1-4,9-11H,6-7H2. The average molecular weight is 163 g/mol. The fourth-order valence-corrected chi connectivity index (χ4v) is 1.14. The summed E-state index contributed by atoms with van der Waals surface area (Å²) in [4.78, 5) is 0. The number of hydrogen-bond acceptors (Lipinski definition) is 3. The molecule has 1 aliphatic heterocycles. The fraction of sp³-hybridized carbons (Fsp3) is 0.333. The van der Waals surface area contributed by atoms with Gasteiger partial charge >= 0.3 is 0 Å². The van der Waals surface area contributed by atoms with Crippen LogP contribution in [0.25, 0.3) is 0 Å². The molecule has 63 valence electrons. The van der Waals surface area contributed by atoms with Crippen LogP contribution in [0.3, 0.4) is 0 Å². The lowest BCUT2D eigenvalue weighted by Gasteiger charge is -2.12. The molecule has 2 N–H and O–H groups in total. The van der Waals surface area contributed by atoms with E-state index < -0.39 is 0 Å². The number of benzene rings is 1. The van der Waals surface area contributed by atoms with Crippen molar-refractivity contribution in [3.8, 4) is 5.75 Å². The van der Waals surface area contributed by atoms with Gasteiger partial charge in [0.25, 0.3) is 0 Å². The Kier molecular flexibility index (Phi) is 2.25. The molecule has 0 spiro atoms. The molecule has 3 nitrogen and oxygen atoms in total. The van der Waals surface area contributed by atoms with Gasteiger partial charge in [0.05, 0.1) is 0 Å². The highest BCUT2D eigenvalue weighted by Crippen LogP contribution is 2.08. The molecule has 1 aliphatic rings. The van der Waals surface area contributed by atoms with Crippen LogP contribution >= 0.6 is 0 Å². The Balaban J connectivity index is 1.94. The van der Waals surface area contributed by atoms with Crippen molar-refractivity contribution in [1.82, 2.24) is 10.6 Å². The second kappa shape index (κ2) is 3.56. The van der Waals surface area contributed by atoms with Crippen molar-refractivity contribution in [2.24, 2.45) is 0 Å². The molecule has 1 aromatic rings. The second-order valence-corrected chi connectivity index (χ2v) is 2.63. The zero-order chi connectivity index (χ0) is 8.23. The normalized spacial score (nSPS) is 18.0. The lowest BCUT2D eigenvalue weighted by Crippen LogP contribution is -2.36. The Labute approximate surface area is 71.7 Å². The maximum atomic E-state index is 5.50. The second-order valence-electron chi connectivity index (χ2n) is 2.63. The maximum absolute atomic E-state index is 5.50. The Morgan fingerprint density at radius 1 is 1.33 bits per heavy atom. The van der Waals surface area contributed by atoms with Crippen LogP contribution in [0.1, 0.15) is 0 Å². The smallest absolute Gasteiger partial charge is 0.207 e. The minimum absolute atomic E-state index is 0.0522. The number of ether oxygens (including phenoxy) is 1. The molecule has 2 rings (SSSR count). The molecule has 1 radical (unpaired) electrons. The molecule has 0 saturated carbocycles. The third kappa shape index (κ3) is 1.75. The van der Waals surface area contributed by atoms with Crippen molar-refractivity contribution in [2.75, 3.05) is 13.1 Å². The quantitative estimate of drug-likeness (QED) is 0.659. The van der Waals surface area contributed by atoms with E-state index in [2.05, 4.69) is 16.7 Å². The van der Waals surface area contributed by atoms with Gasteiger partial charge in [0.15, 0.2) is 0 Å². The van der Waals surface area contributed by atoms with E-state index in [4.69, 9.17) is 4.74 Å². The first-order chi connectivity index (χ1) is 5.95. The summed E-state index contributed by atoms with van der Waals surface area (Å²) in [7, 11) is 0. The molecule has 12 heavy (non-hydrogen) atoms. The van der Waals surface area contributed by atoms with Crippen molar-refractivity contribution >= 4 is 0 Å². The van der Waals surface area contributed by atoms with Crippen LogP contribution in [0.4, 0.5) is 0 Å². The molecule has 1 fully saturated rings. The zero-order valence-electron chi connectivity index (χ0n) is 6.71. The highest BCUT2D eigenvalue weighted by Gasteiger charge is 2.13. The molecule has 0 unspecified atom stereocenters. The molecule has 0 aliphatic carbocycles. The van der Waals surface area contributed by atoms with Crippen LogP contribution in [-0.2, 0) is 0 Å². The van der Waals surface area contributed by atoms with Crippen LogP contribution in [0.15, 0.2) is 24.3 Å². The molecule has 1 heterocycles. The summed E-state index contributed by atoms with van der Waals surface area (Å²) >= 11 is 0. The zero-order valence-corrected chi connectivity index (χ0v) is 6.71. The van der Waals surface area contributed by atoms with Crippen molar-refractivity contribution in [1.29, 1.82) is 0 Å². The van der Waals surface area contributed by atoms with E-state index in [1.165, 1.54) is 0 Å². The number of nitrogens with one attached hydrogen (secondary N) is 2. The molecule has 0 atom stereocenters. The van der Waals surface area contributed by atoms with E-state index in [0.717, 1.165) is 18.8 Å². The summed E-state index contributed by atoms with van der Waals surface area (Å²) in [5, 5.41) is 6.30. The van der Waals surface area contributed by atoms with Gasteiger partial charge < -0.3 is 4.74 Å². The van der Waals surface area contributed by atoms with Crippen LogP contribution in [0.5, 0.6) is 5.75 Å². The van der Waals surface area contributed by atoms with Crippen molar-refractivity contribution in [3.05, 3.63) is 30.3 Å². The van der Waals surface area contributed by atoms with Gasteiger partial charge in [-0.05, 0) is 6.07 Å². The number of rotatable bonds is 2. The minimum atomic E-state index is -0.0522. The molecule has 1 aromatic carbocycles. The molecular formula is C9H11N2O. The maximum Gasteiger partial charge on any atom is 0.207 e. The summed E-state index contributed by atoms with van der Waals surface area (Å²) in [6.45, 7) is 1.91. The van der Waals surface area contributed by atoms with E-state index in [-0.39, 0.29) is 6.35 Å². The van der Waals surface area contributed by atoms with Crippen LogP contribution in [0, 0.1) is 6.07 Å². The SMILES string of the molecule is [c]1ccccc1OC1NCCN1. The van der Waals surface area contributed by atoms with Gasteiger partial charge in [-0.25, -0.2) is 0 Å². The van der Waals surface area contributed by atoms with E-state index in [1.807, 2.05) is 24.3 Å². The molecule has 0 bridgehead atoms. The van der Waals surface area contributed by atoms with Crippen LogP contribution < -0.4 is 15.4 Å².